The van der Waals surface area contributed by atoms with Crippen molar-refractivity contribution in [2.45, 2.75) is 13.5 Å². The van der Waals surface area contributed by atoms with Gasteiger partial charge in [0.1, 0.15) is 5.69 Å². The van der Waals surface area contributed by atoms with Crippen LogP contribution in [0.3, 0.4) is 0 Å². The Morgan fingerprint density at radius 1 is 1.21 bits per heavy atom. The summed E-state index contributed by atoms with van der Waals surface area (Å²) >= 11 is 5.84. The fourth-order valence-electron chi connectivity index (χ4n) is 2.51. The van der Waals surface area contributed by atoms with E-state index in [-0.39, 0.29) is 11.5 Å². The number of fused-ring (bicyclic) bond motifs is 1. The molecule has 0 atom stereocenters. The van der Waals surface area contributed by atoms with Crippen molar-refractivity contribution in [1.82, 2.24) is 14.9 Å². The first-order chi connectivity index (χ1) is 11.5. The molecule has 0 fully saturated rings. The molecule has 0 unspecified atom stereocenters. The number of carbonyl (C=O) groups is 1. The van der Waals surface area contributed by atoms with Gasteiger partial charge in [-0.15, -0.1) is 0 Å². The number of halogens is 1. The van der Waals surface area contributed by atoms with Gasteiger partial charge >= 0.3 is 0 Å². The van der Waals surface area contributed by atoms with E-state index in [1.165, 1.54) is 4.57 Å². The second-order valence-electron chi connectivity index (χ2n) is 5.57. The molecule has 24 heavy (non-hydrogen) atoms. The number of aromatic nitrogens is 2. The fraction of sp³-hybridized carbons (Fsp3) is 0.167. The molecule has 0 spiro atoms. The Labute approximate surface area is 143 Å². The Morgan fingerprint density at radius 3 is 2.62 bits per heavy atom. The average Bonchev–Trinajstić information content (AvgIpc) is 2.58. The zero-order valence-corrected chi connectivity index (χ0v) is 14.1. The number of hydrogen-bond donors (Lipinski definition) is 1. The summed E-state index contributed by atoms with van der Waals surface area (Å²) in [5, 5.41) is 3.52. The first-order valence-corrected chi connectivity index (χ1v) is 7.83. The molecule has 1 amide bonds. The van der Waals surface area contributed by atoms with E-state index < -0.39 is 0 Å². The van der Waals surface area contributed by atoms with Crippen LogP contribution in [0.4, 0.5) is 0 Å². The van der Waals surface area contributed by atoms with Gasteiger partial charge in [-0.1, -0.05) is 23.7 Å². The summed E-state index contributed by atoms with van der Waals surface area (Å²) in [5.41, 5.74) is 3.05. The van der Waals surface area contributed by atoms with E-state index in [1.807, 2.05) is 12.1 Å². The summed E-state index contributed by atoms with van der Waals surface area (Å²) in [6.45, 7) is 2.07. The first kappa shape index (κ1) is 16.2. The van der Waals surface area contributed by atoms with Crippen LogP contribution in [0.5, 0.6) is 0 Å². The van der Waals surface area contributed by atoms with E-state index in [4.69, 9.17) is 11.6 Å². The molecule has 0 bridgehead atoms. The number of amides is 1. The molecule has 3 rings (SSSR count). The SMILES string of the molecule is Cc1nc2cc(C(=O)NCc3ccc(Cl)cc3)ccc2n(C)c1=O. The molecule has 0 radical (unpaired) electrons. The highest BCUT2D eigenvalue weighted by Crippen LogP contribution is 2.13. The van der Waals surface area contributed by atoms with E-state index in [2.05, 4.69) is 10.3 Å². The summed E-state index contributed by atoms with van der Waals surface area (Å²) in [7, 11) is 1.69. The number of hydrogen-bond acceptors (Lipinski definition) is 3. The molecule has 0 aliphatic heterocycles. The summed E-state index contributed by atoms with van der Waals surface area (Å²) in [6.07, 6.45) is 0. The number of nitrogens with zero attached hydrogens (tertiary/aromatic N) is 2. The van der Waals surface area contributed by atoms with Gasteiger partial charge in [-0.2, -0.15) is 0 Å². The minimum Gasteiger partial charge on any atom is -0.348 e. The molecular weight excluding hydrogens is 326 g/mol. The van der Waals surface area contributed by atoms with Crippen molar-refractivity contribution in [3.05, 3.63) is 74.7 Å². The van der Waals surface area contributed by atoms with Gasteiger partial charge < -0.3 is 9.88 Å². The lowest BCUT2D eigenvalue weighted by Crippen LogP contribution is -2.24. The van der Waals surface area contributed by atoms with Crippen molar-refractivity contribution in [2.24, 2.45) is 7.05 Å². The topological polar surface area (TPSA) is 64.0 Å². The van der Waals surface area contributed by atoms with Crippen LogP contribution in [0.25, 0.3) is 11.0 Å². The number of rotatable bonds is 3. The molecule has 2 aromatic carbocycles. The Kier molecular flexibility index (Phi) is 4.36. The number of benzene rings is 2. The van der Waals surface area contributed by atoms with Gasteiger partial charge in [-0.25, -0.2) is 4.98 Å². The van der Waals surface area contributed by atoms with Crippen molar-refractivity contribution in [1.29, 1.82) is 0 Å². The smallest absolute Gasteiger partial charge is 0.272 e. The number of carbonyl (C=O) groups excluding carboxylic acids is 1. The molecule has 5 nitrogen and oxygen atoms in total. The normalized spacial score (nSPS) is 10.8. The van der Waals surface area contributed by atoms with Gasteiger partial charge in [-0.3, -0.25) is 9.59 Å². The maximum Gasteiger partial charge on any atom is 0.272 e. The lowest BCUT2D eigenvalue weighted by atomic mass is 10.1. The van der Waals surface area contributed by atoms with Gasteiger partial charge in [0.15, 0.2) is 0 Å². The summed E-state index contributed by atoms with van der Waals surface area (Å²) in [6, 6.07) is 12.4. The molecule has 1 heterocycles. The van der Waals surface area contributed by atoms with Crippen molar-refractivity contribution >= 4 is 28.5 Å². The average molecular weight is 342 g/mol. The lowest BCUT2D eigenvalue weighted by molar-refractivity contribution is 0.0951. The highest BCUT2D eigenvalue weighted by molar-refractivity contribution is 6.30. The first-order valence-electron chi connectivity index (χ1n) is 7.46. The summed E-state index contributed by atoms with van der Waals surface area (Å²) in [4.78, 5) is 28.5. The van der Waals surface area contributed by atoms with E-state index in [0.29, 0.717) is 33.9 Å². The fourth-order valence-corrected chi connectivity index (χ4v) is 2.63. The zero-order chi connectivity index (χ0) is 17.3. The van der Waals surface area contributed by atoms with Crippen molar-refractivity contribution in [3.63, 3.8) is 0 Å². The minimum absolute atomic E-state index is 0.137. The molecule has 122 valence electrons. The van der Waals surface area contributed by atoms with Gasteiger partial charge in [0.2, 0.25) is 0 Å². The third kappa shape index (κ3) is 3.16. The van der Waals surface area contributed by atoms with Gasteiger partial charge in [0.25, 0.3) is 11.5 Å². The molecule has 1 N–H and O–H groups in total. The maximum absolute atomic E-state index is 12.3. The van der Waals surface area contributed by atoms with Gasteiger partial charge in [0, 0.05) is 24.2 Å². The molecule has 6 heteroatoms. The van der Waals surface area contributed by atoms with Crippen LogP contribution in [0, 0.1) is 6.92 Å². The van der Waals surface area contributed by atoms with Crippen LogP contribution in [0.15, 0.2) is 47.3 Å². The Balaban J connectivity index is 1.83. The number of nitrogens with one attached hydrogen (secondary N) is 1. The third-order valence-corrected chi connectivity index (χ3v) is 4.12. The molecular formula is C18H16ClN3O2. The second kappa shape index (κ2) is 6.45. The van der Waals surface area contributed by atoms with Crippen LogP contribution in [-0.2, 0) is 13.6 Å². The van der Waals surface area contributed by atoms with Crippen LogP contribution >= 0.6 is 11.6 Å². The number of aryl methyl sites for hydroxylation is 2. The van der Waals surface area contributed by atoms with Crippen LogP contribution in [0.2, 0.25) is 5.02 Å². The Hall–Kier alpha value is -2.66. The van der Waals surface area contributed by atoms with Crippen LogP contribution in [0.1, 0.15) is 21.6 Å². The predicted octanol–water partition coefficient (Wildman–Crippen LogP) is 2.83. The van der Waals surface area contributed by atoms with Crippen LogP contribution in [-0.4, -0.2) is 15.5 Å². The van der Waals surface area contributed by atoms with E-state index in [1.54, 1.807) is 44.3 Å². The minimum atomic E-state index is -0.194. The van der Waals surface area contributed by atoms with Crippen molar-refractivity contribution in [2.75, 3.05) is 0 Å². The molecule has 0 saturated carbocycles. The standard InChI is InChI=1S/C18H16ClN3O2/c1-11-18(24)22(2)16-8-5-13(9-15(16)21-11)17(23)20-10-12-3-6-14(19)7-4-12/h3-9H,10H2,1-2H3,(H,20,23). The Bertz CT molecular complexity index is 978. The summed E-state index contributed by atoms with van der Waals surface area (Å²) < 4.78 is 1.53. The highest BCUT2D eigenvalue weighted by atomic mass is 35.5. The third-order valence-electron chi connectivity index (χ3n) is 3.87. The van der Waals surface area contributed by atoms with Gasteiger partial charge in [-0.05, 0) is 42.8 Å². The van der Waals surface area contributed by atoms with Crippen molar-refractivity contribution in [3.8, 4) is 0 Å². The molecule has 1 aromatic heterocycles. The summed E-state index contributed by atoms with van der Waals surface area (Å²) in [5.74, 6) is -0.194. The predicted molar refractivity (Wildman–Crippen MR) is 94.3 cm³/mol. The molecule has 0 aliphatic rings. The zero-order valence-electron chi connectivity index (χ0n) is 13.3. The second-order valence-corrected chi connectivity index (χ2v) is 6.01. The largest absolute Gasteiger partial charge is 0.348 e. The van der Waals surface area contributed by atoms with E-state index in [9.17, 15) is 9.59 Å². The van der Waals surface area contributed by atoms with E-state index in [0.717, 1.165) is 5.56 Å². The lowest BCUT2D eigenvalue weighted by Gasteiger charge is -2.09. The maximum atomic E-state index is 12.3. The Morgan fingerprint density at radius 2 is 1.92 bits per heavy atom. The quantitative estimate of drug-likeness (QED) is 0.796. The van der Waals surface area contributed by atoms with Gasteiger partial charge in [0.05, 0.1) is 11.0 Å². The molecule has 0 saturated heterocycles. The van der Waals surface area contributed by atoms with E-state index >= 15 is 0 Å². The molecule has 0 aliphatic carbocycles. The van der Waals surface area contributed by atoms with Crippen LogP contribution < -0.4 is 10.9 Å². The molecule has 3 aromatic rings. The highest BCUT2D eigenvalue weighted by Gasteiger charge is 2.10. The van der Waals surface area contributed by atoms with Crippen molar-refractivity contribution < 1.29 is 4.79 Å². The monoisotopic (exact) mass is 341 g/mol.